The number of halogens is 1. The largest absolute Gasteiger partial charge is 0.466 e. The Kier molecular flexibility index (Phi) is 4.26. The molecule has 5 heteroatoms. The number of carbonyl (C=O) groups is 2. The summed E-state index contributed by atoms with van der Waals surface area (Å²) in [6.45, 7) is 3.26. The van der Waals surface area contributed by atoms with Crippen LogP contribution in [-0.4, -0.2) is 25.2 Å². The molecule has 0 aromatic rings. The van der Waals surface area contributed by atoms with E-state index in [-0.39, 0.29) is 41.6 Å². The lowest BCUT2D eigenvalue weighted by Gasteiger charge is -2.26. The van der Waals surface area contributed by atoms with Gasteiger partial charge in [0.1, 0.15) is 5.83 Å². The van der Waals surface area contributed by atoms with Crippen LogP contribution < -0.4 is 0 Å². The van der Waals surface area contributed by atoms with Crippen molar-refractivity contribution in [3.05, 3.63) is 24.1 Å². The molecule has 0 amide bonds. The van der Waals surface area contributed by atoms with Crippen LogP contribution >= 0.6 is 0 Å². The van der Waals surface area contributed by atoms with Gasteiger partial charge < -0.3 is 9.47 Å². The maximum atomic E-state index is 13.4. The van der Waals surface area contributed by atoms with Crippen molar-refractivity contribution >= 4 is 11.9 Å². The lowest BCUT2D eigenvalue weighted by Crippen LogP contribution is -2.26. The fourth-order valence-corrected chi connectivity index (χ4v) is 2.85. The van der Waals surface area contributed by atoms with Gasteiger partial charge in [0.15, 0.2) is 0 Å². The summed E-state index contributed by atoms with van der Waals surface area (Å²) in [5.41, 5.74) is -0.302. The average molecular weight is 282 g/mol. The van der Waals surface area contributed by atoms with E-state index in [1.54, 1.807) is 6.08 Å². The molecule has 2 rings (SSSR count). The molecule has 0 heterocycles. The van der Waals surface area contributed by atoms with Gasteiger partial charge in [-0.3, -0.25) is 9.59 Å². The summed E-state index contributed by atoms with van der Waals surface area (Å²) in [7, 11) is 0. The van der Waals surface area contributed by atoms with Crippen LogP contribution in [0.4, 0.5) is 4.39 Å². The van der Waals surface area contributed by atoms with E-state index < -0.39 is 0 Å². The Hall–Kier alpha value is -1.65. The number of ether oxygens (including phenoxy) is 2. The maximum Gasteiger partial charge on any atom is 0.302 e. The molecule has 0 radical (unpaired) electrons. The van der Waals surface area contributed by atoms with Crippen molar-refractivity contribution in [3.63, 3.8) is 0 Å². The monoisotopic (exact) mass is 282 g/mol. The second-order valence-electron chi connectivity index (χ2n) is 5.53. The van der Waals surface area contributed by atoms with Crippen molar-refractivity contribution in [2.75, 3.05) is 13.2 Å². The molecule has 1 unspecified atom stereocenters. The molecule has 3 atom stereocenters. The van der Waals surface area contributed by atoms with Gasteiger partial charge in [-0.15, -0.1) is 0 Å². The Morgan fingerprint density at radius 3 is 2.65 bits per heavy atom. The number of rotatable bonds is 5. The summed E-state index contributed by atoms with van der Waals surface area (Å²) in [5.74, 6) is -0.751. The van der Waals surface area contributed by atoms with E-state index in [1.165, 1.54) is 19.9 Å². The Bertz CT molecular complexity index is 468. The molecule has 110 valence electrons. The van der Waals surface area contributed by atoms with Crippen molar-refractivity contribution in [3.8, 4) is 0 Å². The third kappa shape index (κ3) is 3.26. The molecule has 0 bridgehead atoms. The first-order valence-electron chi connectivity index (χ1n) is 6.73. The Labute approximate surface area is 117 Å². The van der Waals surface area contributed by atoms with Crippen LogP contribution in [0.1, 0.15) is 26.7 Å². The molecule has 2 aliphatic carbocycles. The maximum absolute atomic E-state index is 13.4. The molecule has 0 aromatic carbocycles. The summed E-state index contributed by atoms with van der Waals surface area (Å²) in [6.07, 6.45) is 6.17. The van der Waals surface area contributed by atoms with E-state index in [2.05, 4.69) is 0 Å². The van der Waals surface area contributed by atoms with Crippen molar-refractivity contribution in [1.82, 2.24) is 0 Å². The van der Waals surface area contributed by atoms with Crippen molar-refractivity contribution in [2.45, 2.75) is 26.7 Å². The third-order valence-electron chi connectivity index (χ3n) is 4.09. The van der Waals surface area contributed by atoms with Gasteiger partial charge in [0, 0.05) is 31.6 Å². The molecule has 20 heavy (non-hydrogen) atoms. The van der Waals surface area contributed by atoms with Crippen molar-refractivity contribution in [1.29, 1.82) is 0 Å². The smallest absolute Gasteiger partial charge is 0.302 e. The highest BCUT2D eigenvalue weighted by atomic mass is 19.1. The van der Waals surface area contributed by atoms with Gasteiger partial charge in [-0.1, -0.05) is 12.2 Å². The number of esters is 2. The van der Waals surface area contributed by atoms with Crippen LogP contribution in [0.25, 0.3) is 0 Å². The topological polar surface area (TPSA) is 52.6 Å². The zero-order valence-electron chi connectivity index (χ0n) is 11.7. The minimum absolute atomic E-state index is 0.0209. The van der Waals surface area contributed by atoms with E-state index in [0.717, 1.165) is 6.42 Å². The molecular weight excluding hydrogens is 263 g/mol. The van der Waals surface area contributed by atoms with E-state index in [0.29, 0.717) is 13.0 Å². The highest BCUT2D eigenvalue weighted by Gasteiger charge is 2.59. The van der Waals surface area contributed by atoms with Crippen LogP contribution in [0.3, 0.4) is 0 Å². The minimum atomic E-state index is -0.349. The quantitative estimate of drug-likeness (QED) is 0.727. The number of hydrogen-bond acceptors (Lipinski definition) is 4. The second-order valence-corrected chi connectivity index (χ2v) is 5.53. The normalized spacial score (nSPS) is 31.4. The van der Waals surface area contributed by atoms with Gasteiger partial charge in [0.05, 0.1) is 13.2 Å². The highest BCUT2D eigenvalue weighted by Crippen LogP contribution is 2.60. The zero-order chi connectivity index (χ0) is 14.8. The molecule has 0 aliphatic heterocycles. The van der Waals surface area contributed by atoms with Crippen LogP contribution in [-0.2, 0) is 19.1 Å². The summed E-state index contributed by atoms with van der Waals surface area (Å²) in [6, 6.07) is 0. The lowest BCUT2D eigenvalue weighted by molar-refractivity contribution is -0.145. The standard InChI is InChI=1S/C15H19FO4/c1-10(17)19-8-13-7-15(13,9-20-11(2)18)12-4-3-5-14(16)6-12/h3-5,12-13H,6-9H2,1-2H3/t12?,13-,15+/m0/s1. The van der Waals surface area contributed by atoms with E-state index in [9.17, 15) is 14.0 Å². The second kappa shape index (κ2) is 5.77. The molecular formula is C15H19FO4. The predicted molar refractivity (Wildman–Crippen MR) is 70.2 cm³/mol. The molecule has 0 aromatic heterocycles. The predicted octanol–water partition coefficient (Wildman–Crippen LogP) is 2.55. The highest BCUT2D eigenvalue weighted by molar-refractivity contribution is 5.66. The van der Waals surface area contributed by atoms with Crippen molar-refractivity contribution in [2.24, 2.45) is 17.3 Å². The SMILES string of the molecule is CC(=O)OC[C@@H]1C[C@@]1(COC(C)=O)C1C=CC=C(F)C1. The van der Waals surface area contributed by atoms with Crippen LogP contribution in [0.15, 0.2) is 24.1 Å². The van der Waals surface area contributed by atoms with Gasteiger partial charge >= 0.3 is 11.9 Å². The summed E-state index contributed by atoms with van der Waals surface area (Å²) >= 11 is 0. The number of allylic oxidation sites excluding steroid dienone is 4. The van der Waals surface area contributed by atoms with Crippen LogP contribution in [0.2, 0.25) is 0 Å². The molecule has 1 fully saturated rings. The minimum Gasteiger partial charge on any atom is -0.466 e. The average Bonchev–Trinajstić information content (AvgIpc) is 3.09. The van der Waals surface area contributed by atoms with Crippen LogP contribution in [0.5, 0.6) is 0 Å². The fraction of sp³-hybridized carbons (Fsp3) is 0.600. The number of hydrogen-bond donors (Lipinski definition) is 0. The van der Waals surface area contributed by atoms with Crippen molar-refractivity contribution < 1.29 is 23.5 Å². The first kappa shape index (κ1) is 14.8. The Balaban J connectivity index is 2.03. The summed E-state index contributed by atoms with van der Waals surface area (Å²) < 4.78 is 23.6. The fourth-order valence-electron chi connectivity index (χ4n) is 2.85. The molecule has 0 spiro atoms. The molecule has 1 saturated carbocycles. The molecule has 2 aliphatic rings. The van der Waals surface area contributed by atoms with Gasteiger partial charge in [0.25, 0.3) is 0 Å². The Morgan fingerprint density at radius 2 is 2.05 bits per heavy atom. The van der Waals surface area contributed by atoms with E-state index >= 15 is 0 Å². The molecule has 4 nitrogen and oxygen atoms in total. The van der Waals surface area contributed by atoms with Gasteiger partial charge in [-0.2, -0.15) is 0 Å². The lowest BCUT2D eigenvalue weighted by atomic mass is 9.82. The van der Waals surface area contributed by atoms with Gasteiger partial charge in [0.2, 0.25) is 0 Å². The van der Waals surface area contributed by atoms with Crippen LogP contribution in [0, 0.1) is 17.3 Å². The van der Waals surface area contributed by atoms with E-state index in [1.807, 2.05) is 6.08 Å². The molecule has 0 N–H and O–H groups in total. The Morgan fingerprint density at radius 1 is 1.35 bits per heavy atom. The molecule has 0 saturated heterocycles. The summed E-state index contributed by atoms with van der Waals surface area (Å²) in [5, 5.41) is 0. The third-order valence-corrected chi connectivity index (χ3v) is 4.09. The van der Waals surface area contributed by atoms with Gasteiger partial charge in [-0.05, 0) is 18.4 Å². The number of carbonyl (C=O) groups excluding carboxylic acids is 2. The first-order valence-corrected chi connectivity index (χ1v) is 6.73. The summed E-state index contributed by atoms with van der Waals surface area (Å²) in [4.78, 5) is 21.9. The van der Waals surface area contributed by atoms with Gasteiger partial charge in [-0.25, -0.2) is 4.39 Å². The first-order chi connectivity index (χ1) is 9.44. The zero-order valence-corrected chi connectivity index (χ0v) is 11.7. The van der Waals surface area contributed by atoms with E-state index in [4.69, 9.17) is 9.47 Å².